The number of anilines is 1. The van der Waals surface area contributed by atoms with Gasteiger partial charge in [0.25, 0.3) is 0 Å². The summed E-state index contributed by atoms with van der Waals surface area (Å²) in [7, 11) is 0. The summed E-state index contributed by atoms with van der Waals surface area (Å²) in [6, 6.07) is 13.1. The van der Waals surface area contributed by atoms with Gasteiger partial charge in [-0.3, -0.25) is 9.69 Å². The zero-order chi connectivity index (χ0) is 17.9. The van der Waals surface area contributed by atoms with Gasteiger partial charge in [0.15, 0.2) is 0 Å². The van der Waals surface area contributed by atoms with Crippen LogP contribution in [0.25, 0.3) is 0 Å². The second kappa shape index (κ2) is 7.61. The number of fused-ring (bicyclic) bond motifs is 1. The number of rotatable bonds is 6. The van der Waals surface area contributed by atoms with Crippen molar-refractivity contribution in [3.8, 4) is 6.07 Å². The number of thiophene rings is 1. The summed E-state index contributed by atoms with van der Waals surface area (Å²) in [6.07, 6.45) is 6.64. The Morgan fingerprint density at radius 3 is 2.73 bits per heavy atom. The lowest BCUT2D eigenvalue weighted by molar-refractivity contribution is -0.117. The maximum absolute atomic E-state index is 12.7. The minimum Gasteiger partial charge on any atom is -0.315 e. The van der Waals surface area contributed by atoms with Crippen LogP contribution in [0.15, 0.2) is 30.3 Å². The van der Waals surface area contributed by atoms with E-state index in [-0.39, 0.29) is 5.91 Å². The fourth-order valence-corrected chi connectivity index (χ4v) is 4.95. The predicted molar refractivity (Wildman–Crippen MR) is 104 cm³/mol. The predicted octanol–water partition coefficient (Wildman–Crippen LogP) is 4.10. The Morgan fingerprint density at radius 2 is 2.00 bits per heavy atom. The molecule has 1 heterocycles. The van der Waals surface area contributed by atoms with Crippen molar-refractivity contribution in [3.05, 3.63) is 51.9 Å². The summed E-state index contributed by atoms with van der Waals surface area (Å²) >= 11 is 1.60. The Balaban J connectivity index is 1.44. The molecule has 1 aromatic carbocycles. The molecule has 1 fully saturated rings. The van der Waals surface area contributed by atoms with Gasteiger partial charge in [-0.15, -0.1) is 11.3 Å². The van der Waals surface area contributed by atoms with E-state index in [0.29, 0.717) is 18.2 Å². The Morgan fingerprint density at radius 1 is 1.23 bits per heavy atom. The molecule has 5 heteroatoms. The van der Waals surface area contributed by atoms with E-state index in [2.05, 4.69) is 28.4 Å². The third-order valence-corrected chi connectivity index (χ3v) is 6.38. The van der Waals surface area contributed by atoms with Gasteiger partial charge in [0.1, 0.15) is 11.1 Å². The van der Waals surface area contributed by atoms with Gasteiger partial charge in [0, 0.05) is 17.5 Å². The van der Waals surface area contributed by atoms with E-state index in [4.69, 9.17) is 0 Å². The van der Waals surface area contributed by atoms with Gasteiger partial charge in [0.2, 0.25) is 5.91 Å². The lowest BCUT2D eigenvalue weighted by Gasteiger charge is -2.21. The molecule has 1 amide bonds. The molecule has 134 valence electrons. The number of benzene rings is 1. The van der Waals surface area contributed by atoms with Crippen LogP contribution in [0, 0.1) is 11.3 Å². The summed E-state index contributed by atoms with van der Waals surface area (Å²) in [5.41, 5.74) is 3.10. The molecule has 2 aliphatic carbocycles. The highest BCUT2D eigenvalue weighted by Gasteiger charge is 2.31. The summed E-state index contributed by atoms with van der Waals surface area (Å²) in [5, 5.41) is 13.3. The molecule has 0 unspecified atom stereocenters. The first kappa shape index (κ1) is 17.3. The second-order valence-corrected chi connectivity index (χ2v) is 8.30. The molecular weight excluding hydrogens is 342 g/mol. The van der Waals surface area contributed by atoms with Crippen LogP contribution in [0.5, 0.6) is 0 Å². The van der Waals surface area contributed by atoms with E-state index < -0.39 is 0 Å². The van der Waals surface area contributed by atoms with Crippen molar-refractivity contribution in [3.63, 3.8) is 0 Å². The van der Waals surface area contributed by atoms with E-state index in [0.717, 1.165) is 43.6 Å². The Bertz CT molecular complexity index is 833. The van der Waals surface area contributed by atoms with Crippen LogP contribution in [0.3, 0.4) is 0 Å². The van der Waals surface area contributed by atoms with Crippen molar-refractivity contribution in [2.75, 3.05) is 11.9 Å². The number of nitrogens with one attached hydrogen (secondary N) is 1. The van der Waals surface area contributed by atoms with Gasteiger partial charge in [-0.2, -0.15) is 5.26 Å². The molecule has 2 aliphatic rings. The lowest BCUT2D eigenvalue weighted by Crippen LogP contribution is -2.34. The summed E-state index contributed by atoms with van der Waals surface area (Å²) in [6.45, 7) is 1.18. The number of hydrogen-bond donors (Lipinski definition) is 1. The van der Waals surface area contributed by atoms with Crippen molar-refractivity contribution in [2.24, 2.45) is 0 Å². The molecule has 2 aromatic rings. The molecule has 0 spiro atoms. The SMILES string of the molecule is N#Cc1c(NC(=O)CN(Cc2ccccc2)C2CC2)sc2c1CCCC2. The molecule has 1 saturated carbocycles. The average Bonchev–Trinajstić information content (AvgIpc) is 3.44. The minimum atomic E-state index is -0.0112. The number of nitriles is 1. The number of carbonyl (C=O) groups is 1. The van der Waals surface area contributed by atoms with Gasteiger partial charge >= 0.3 is 0 Å². The molecule has 4 nitrogen and oxygen atoms in total. The molecule has 4 rings (SSSR count). The van der Waals surface area contributed by atoms with Gasteiger partial charge in [0.05, 0.1) is 12.1 Å². The monoisotopic (exact) mass is 365 g/mol. The van der Waals surface area contributed by atoms with E-state index in [1.54, 1.807) is 11.3 Å². The van der Waals surface area contributed by atoms with E-state index in [1.807, 2.05) is 18.2 Å². The fourth-order valence-electron chi connectivity index (χ4n) is 3.69. The van der Waals surface area contributed by atoms with E-state index in [1.165, 1.54) is 22.4 Å². The standard InChI is InChI=1S/C21H23N3OS/c22-12-18-17-8-4-5-9-19(17)26-21(18)23-20(25)14-24(16-10-11-16)13-15-6-2-1-3-7-15/h1-3,6-7,16H,4-5,8-11,13-14H2,(H,23,25). The maximum Gasteiger partial charge on any atom is 0.239 e. The number of amides is 1. The number of carbonyl (C=O) groups excluding carboxylic acids is 1. The first-order chi connectivity index (χ1) is 12.7. The largest absolute Gasteiger partial charge is 0.315 e. The topological polar surface area (TPSA) is 56.1 Å². The fraction of sp³-hybridized carbons (Fsp3) is 0.429. The number of hydrogen-bond acceptors (Lipinski definition) is 4. The number of nitrogens with zero attached hydrogens (tertiary/aromatic N) is 2. The zero-order valence-electron chi connectivity index (χ0n) is 14.8. The quantitative estimate of drug-likeness (QED) is 0.838. The Labute approximate surface area is 158 Å². The molecule has 1 N–H and O–H groups in total. The van der Waals surface area contributed by atoms with Crippen molar-refractivity contribution < 1.29 is 4.79 Å². The van der Waals surface area contributed by atoms with Gasteiger partial charge in [-0.1, -0.05) is 30.3 Å². The smallest absolute Gasteiger partial charge is 0.239 e. The minimum absolute atomic E-state index is 0.0112. The summed E-state index contributed by atoms with van der Waals surface area (Å²) in [5.74, 6) is -0.0112. The highest BCUT2D eigenvalue weighted by atomic mass is 32.1. The highest BCUT2D eigenvalue weighted by Crippen LogP contribution is 2.37. The zero-order valence-corrected chi connectivity index (χ0v) is 15.6. The first-order valence-electron chi connectivity index (χ1n) is 9.37. The van der Waals surface area contributed by atoms with Crippen molar-refractivity contribution >= 4 is 22.2 Å². The normalized spacial score (nSPS) is 16.2. The molecule has 26 heavy (non-hydrogen) atoms. The number of aryl methyl sites for hydroxylation is 1. The molecule has 0 bridgehead atoms. The molecule has 0 aliphatic heterocycles. The van der Waals surface area contributed by atoms with Gasteiger partial charge < -0.3 is 5.32 Å². The van der Waals surface area contributed by atoms with Crippen LogP contribution < -0.4 is 5.32 Å². The molecule has 0 saturated heterocycles. The van der Waals surface area contributed by atoms with Crippen molar-refractivity contribution in [1.29, 1.82) is 5.26 Å². The van der Waals surface area contributed by atoms with E-state index >= 15 is 0 Å². The van der Waals surface area contributed by atoms with Crippen LogP contribution in [0.1, 0.15) is 47.3 Å². The Hall–Kier alpha value is -2.16. The van der Waals surface area contributed by atoms with Crippen molar-refractivity contribution in [1.82, 2.24) is 4.90 Å². The molecule has 0 atom stereocenters. The third-order valence-electron chi connectivity index (χ3n) is 5.17. The molecule has 1 aromatic heterocycles. The van der Waals surface area contributed by atoms with Crippen LogP contribution in [-0.4, -0.2) is 23.4 Å². The molecular formula is C21H23N3OS. The lowest BCUT2D eigenvalue weighted by atomic mass is 9.96. The van der Waals surface area contributed by atoms with Crippen LogP contribution in [0.4, 0.5) is 5.00 Å². The summed E-state index contributed by atoms with van der Waals surface area (Å²) in [4.78, 5) is 16.2. The molecule has 0 radical (unpaired) electrons. The summed E-state index contributed by atoms with van der Waals surface area (Å²) < 4.78 is 0. The van der Waals surface area contributed by atoms with Crippen molar-refractivity contribution in [2.45, 2.75) is 51.1 Å². The van der Waals surface area contributed by atoms with Crippen LogP contribution in [0.2, 0.25) is 0 Å². The maximum atomic E-state index is 12.7. The Kier molecular flexibility index (Phi) is 5.05. The van der Waals surface area contributed by atoms with Crippen LogP contribution in [-0.2, 0) is 24.2 Å². The van der Waals surface area contributed by atoms with E-state index in [9.17, 15) is 10.1 Å². The van der Waals surface area contributed by atoms with Crippen LogP contribution >= 0.6 is 11.3 Å². The third kappa shape index (κ3) is 3.82. The van der Waals surface area contributed by atoms with Gasteiger partial charge in [-0.05, 0) is 49.7 Å². The van der Waals surface area contributed by atoms with Gasteiger partial charge in [-0.25, -0.2) is 0 Å². The highest BCUT2D eigenvalue weighted by molar-refractivity contribution is 7.16. The second-order valence-electron chi connectivity index (χ2n) is 7.20. The average molecular weight is 366 g/mol. The first-order valence-corrected chi connectivity index (χ1v) is 10.2.